The molecule has 2 heterocycles. The van der Waals surface area contributed by atoms with E-state index < -0.39 is 0 Å². The molecule has 0 aliphatic heterocycles. The number of rotatable bonds is 7. The molecule has 0 spiro atoms. The van der Waals surface area contributed by atoms with Crippen molar-refractivity contribution in [3.05, 3.63) is 72.1 Å². The van der Waals surface area contributed by atoms with Gasteiger partial charge in [-0.05, 0) is 35.6 Å². The van der Waals surface area contributed by atoms with E-state index in [1.807, 2.05) is 18.2 Å². The van der Waals surface area contributed by atoms with Gasteiger partial charge in [0.15, 0.2) is 0 Å². The fourth-order valence-electron chi connectivity index (χ4n) is 3.41. The second kappa shape index (κ2) is 9.41. The van der Waals surface area contributed by atoms with Crippen molar-refractivity contribution in [3.63, 3.8) is 0 Å². The number of hydrogen-bond acceptors (Lipinski definition) is 5. The summed E-state index contributed by atoms with van der Waals surface area (Å²) in [7, 11) is 0. The zero-order valence-corrected chi connectivity index (χ0v) is 18.6. The van der Waals surface area contributed by atoms with Crippen molar-refractivity contribution in [3.8, 4) is 10.4 Å². The number of thioether (sulfide) groups is 1. The van der Waals surface area contributed by atoms with E-state index in [1.54, 1.807) is 17.7 Å². The number of para-hydroxylation sites is 1. The number of hydrogen-bond donors (Lipinski definition) is 1. The summed E-state index contributed by atoms with van der Waals surface area (Å²) in [5.74, 6) is 0.296. The minimum atomic E-state index is -0.0131. The van der Waals surface area contributed by atoms with Crippen LogP contribution < -0.4 is 5.32 Å². The van der Waals surface area contributed by atoms with Crippen LogP contribution in [0, 0.1) is 0 Å². The van der Waals surface area contributed by atoms with Crippen LogP contribution in [0.5, 0.6) is 0 Å². The first-order chi connectivity index (χ1) is 14.7. The third-order valence-electron chi connectivity index (χ3n) is 4.95. The molecule has 0 radical (unpaired) electrons. The van der Waals surface area contributed by atoms with Crippen molar-refractivity contribution in [2.45, 2.75) is 31.7 Å². The normalized spacial score (nSPS) is 11.0. The highest BCUT2D eigenvalue weighted by Gasteiger charge is 2.14. The first-order valence-electron chi connectivity index (χ1n) is 10.0. The zero-order valence-electron chi connectivity index (χ0n) is 17.0. The molecule has 0 atom stereocenters. The van der Waals surface area contributed by atoms with Crippen molar-refractivity contribution in [2.24, 2.45) is 0 Å². The highest BCUT2D eigenvalue weighted by Crippen LogP contribution is 2.36. The van der Waals surface area contributed by atoms with E-state index in [9.17, 15) is 4.79 Å². The van der Waals surface area contributed by atoms with E-state index in [-0.39, 0.29) is 5.91 Å². The Bertz CT molecular complexity index is 1150. The van der Waals surface area contributed by atoms with Gasteiger partial charge in [0.25, 0.3) is 0 Å². The van der Waals surface area contributed by atoms with Gasteiger partial charge in [-0.25, -0.2) is 9.97 Å². The lowest BCUT2D eigenvalue weighted by Gasteiger charge is -2.14. The van der Waals surface area contributed by atoms with E-state index in [1.165, 1.54) is 22.9 Å². The number of fused-ring (bicyclic) bond motifs is 1. The summed E-state index contributed by atoms with van der Waals surface area (Å²) in [6.45, 7) is 4.22. The standard InChI is InChI=1S/C24H23N3OS2/c1-3-16-11-8-12-17(4-2)22(16)27-21(28)14-29-23-19-13-20(18-9-6-5-7-10-18)30-24(19)26-15-25-23/h5-13,15H,3-4,14H2,1-2H3,(H,27,28). The molecule has 0 bridgehead atoms. The van der Waals surface area contributed by atoms with Crippen LogP contribution in [-0.2, 0) is 17.6 Å². The predicted octanol–water partition coefficient (Wildman–Crippen LogP) is 6.21. The van der Waals surface area contributed by atoms with E-state index in [0.29, 0.717) is 5.75 Å². The number of amides is 1. The molecule has 30 heavy (non-hydrogen) atoms. The Labute approximate surface area is 184 Å². The van der Waals surface area contributed by atoms with Crippen molar-refractivity contribution >= 4 is 44.9 Å². The SMILES string of the molecule is CCc1cccc(CC)c1NC(=O)CSc1ncnc2sc(-c3ccccc3)cc12. The number of carbonyl (C=O) groups excluding carboxylic acids is 1. The number of nitrogens with one attached hydrogen (secondary N) is 1. The van der Waals surface area contributed by atoms with Gasteiger partial charge in [0.1, 0.15) is 16.2 Å². The van der Waals surface area contributed by atoms with Crippen molar-refractivity contribution in [2.75, 3.05) is 11.1 Å². The van der Waals surface area contributed by atoms with Crippen molar-refractivity contribution in [1.82, 2.24) is 9.97 Å². The lowest BCUT2D eigenvalue weighted by molar-refractivity contribution is -0.113. The zero-order chi connectivity index (χ0) is 20.9. The van der Waals surface area contributed by atoms with Crippen LogP contribution >= 0.6 is 23.1 Å². The third kappa shape index (κ3) is 4.40. The summed E-state index contributed by atoms with van der Waals surface area (Å²) in [6, 6.07) is 18.6. The fourth-order valence-corrected chi connectivity index (χ4v) is 5.25. The van der Waals surface area contributed by atoms with E-state index >= 15 is 0 Å². The van der Waals surface area contributed by atoms with Gasteiger partial charge in [-0.15, -0.1) is 11.3 Å². The van der Waals surface area contributed by atoms with Gasteiger partial charge in [0.05, 0.1) is 5.75 Å². The van der Waals surface area contributed by atoms with Gasteiger partial charge in [-0.1, -0.05) is 74.1 Å². The van der Waals surface area contributed by atoms with Crippen LogP contribution in [0.2, 0.25) is 0 Å². The molecule has 0 saturated heterocycles. The number of benzene rings is 2. The molecule has 152 valence electrons. The maximum atomic E-state index is 12.7. The van der Waals surface area contributed by atoms with Crippen molar-refractivity contribution < 1.29 is 4.79 Å². The second-order valence-electron chi connectivity index (χ2n) is 6.87. The van der Waals surface area contributed by atoms with Crippen LogP contribution in [-0.4, -0.2) is 21.6 Å². The first kappa shape index (κ1) is 20.6. The molecule has 0 aliphatic rings. The molecule has 1 amide bonds. The Morgan fingerprint density at radius 1 is 1.00 bits per heavy atom. The van der Waals surface area contributed by atoms with Crippen LogP contribution in [0.25, 0.3) is 20.7 Å². The van der Waals surface area contributed by atoms with Gasteiger partial charge >= 0.3 is 0 Å². The van der Waals surface area contributed by atoms with Gasteiger partial charge in [-0.2, -0.15) is 0 Å². The highest BCUT2D eigenvalue weighted by atomic mass is 32.2. The average molecular weight is 434 g/mol. The van der Waals surface area contributed by atoms with Crippen molar-refractivity contribution in [1.29, 1.82) is 0 Å². The summed E-state index contributed by atoms with van der Waals surface area (Å²) in [5, 5.41) is 4.97. The molecule has 4 rings (SSSR count). The Morgan fingerprint density at radius 2 is 1.73 bits per heavy atom. The van der Waals surface area contributed by atoms with Gasteiger partial charge in [0.2, 0.25) is 5.91 Å². The maximum Gasteiger partial charge on any atom is 0.234 e. The molecule has 6 heteroatoms. The quantitative estimate of drug-likeness (QED) is 0.278. The van der Waals surface area contributed by atoms with Gasteiger partial charge < -0.3 is 5.32 Å². The van der Waals surface area contributed by atoms with E-state index in [0.717, 1.165) is 44.2 Å². The van der Waals surface area contributed by atoms with Crippen LogP contribution in [0.15, 0.2) is 66.0 Å². The Kier molecular flexibility index (Phi) is 6.45. The maximum absolute atomic E-state index is 12.7. The molecule has 2 aromatic heterocycles. The highest BCUT2D eigenvalue weighted by molar-refractivity contribution is 8.00. The molecule has 4 aromatic rings. The van der Waals surface area contributed by atoms with E-state index in [2.05, 4.69) is 65.5 Å². The molecule has 0 unspecified atom stereocenters. The summed E-state index contributed by atoms with van der Waals surface area (Å²) < 4.78 is 0. The lowest BCUT2D eigenvalue weighted by Crippen LogP contribution is -2.16. The number of thiophene rings is 1. The number of anilines is 1. The Balaban J connectivity index is 1.52. The minimum Gasteiger partial charge on any atom is -0.325 e. The Morgan fingerprint density at radius 3 is 2.43 bits per heavy atom. The van der Waals surface area contributed by atoms with Crippen LogP contribution in [0.1, 0.15) is 25.0 Å². The molecule has 0 fully saturated rings. The molecular formula is C24H23N3OS2. The number of aryl methyl sites for hydroxylation is 2. The average Bonchev–Trinajstić information content (AvgIpc) is 3.23. The summed E-state index contributed by atoms with van der Waals surface area (Å²) in [5.41, 5.74) is 4.46. The largest absolute Gasteiger partial charge is 0.325 e. The summed E-state index contributed by atoms with van der Waals surface area (Å²) in [6.07, 6.45) is 3.36. The summed E-state index contributed by atoms with van der Waals surface area (Å²) >= 11 is 3.10. The third-order valence-corrected chi connectivity index (χ3v) is 7.05. The van der Waals surface area contributed by atoms with Crippen LogP contribution in [0.3, 0.4) is 0 Å². The molecule has 1 N–H and O–H groups in total. The number of carbonyl (C=O) groups is 1. The monoisotopic (exact) mass is 433 g/mol. The topological polar surface area (TPSA) is 54.9 Å². The first-order valence-corrected chi connectivity index (χ1v) is 11.8. The van der Waals surface area contributed by atoms with E-state index in [4.69, 9.17) is 0 Å². The molecule has 0 aliphatic carbocycles. The van der Waals surface area contributed by atoms with Crippen LogP contribution in [0.4, 0.5) is 5.69 Å². The number of nitrogens with zero attached hydrogens (tertiary/aromatic N) is 2. The summed E-state index contributed by atoms with van der Waals surface area (Å²) in [4.78, 5) is 23.7. The number of aromatic nitrogens is 2. The fraction of sp³-hybridized carbons (Fsp3) is 0.208. The van der Waals surface area contributed by atoms with Gasteiger partial charge in [-0.3, -0.25) is 4.79 Å². The lowest BCUT2D eigenvalue weighted by atomic mass is 10.0. The minimum absolute atomic E-state index is 0.0131. The second-order valence-corrected chi connectivity index (χ2v) is 8.86. The molecule has 0 saturated carbocycles. The van der Waals surface area contributed by atoms with Gasteiger partial charge in [0, 0.05) is 16.0 Å². The Hall–Kier alpha value is -2.70. The molecule has 4 nitrogen and oxygen atoms in total. The smallest absolute Gasteiger partial charge is 0.234 e. The predicted molar refractivity (Wildman–Crippen MR) is 127 cm³/mol. The molecule has 2 aromatic carbocycles. The molecular weight excluding hydrogens is 410 g/mol.